The molecule has 1 aliphatic carbocycles. The Morgan fingerprint density at radius 1 is 1.28 bits per heavy atom. The van der Waals surface area contributed by atoms with Gasteiger partial charge in [-0.2, -0.15) is 0 Å². The fourth-order valence-corrected chi connectivity index (χ4v) is 3.03. The third-order valence-corrected chi connectivity index (χ3v) is 4.36. The third-order valence-electron chi connectivity index (χ3n) is 4.36. The second-order valence-corrected chi connectivity index (χ2v) is 6.16. The predicted molar refractivity (Wildman–Crippen MR) is 71.7 cm³/mol. The summed E-state index contributed by atoms with van der Waals surface area (Å²) in [6.07, 6.45) is 4.43. The largest absolute Gasteiger partial charge is 0.481 e. The fraction of sp³-hybridized carbons (Fsp3) is 0.929. The van der Waals surface area contributed by atoms with Crippen LogP contribution in [0.15, 0.2) is 0 Å². The van der Waals surface area contributed by atoms with Crippen molar-refractivity contribution in [2.75, 3.05) is 32.7 Å². The van der Waals surface area contributed by atoms with E-state index >= 15 is 0 Å². The first-order chi connectivity index (χ1) is 8.55. The van der Waals surface area contributed by atoms with Crippen molar-refractivity contribution in [1.82, 2.24) is 9.80 Å². The molecule has 1 heterocycles. The Morgan fingerprint density at radius 2 is 1.89 bits per heavy atom. The van der Waals surface area contributed by atoms with Gasteiger partial charge in [0.1, 0.15) is 0 Å². The number of aliphatic carboxylic acids is 1. The number of carbonyl (C=O) groups is 1. The lowest BCUT2D eigenvalue weighted by Gasteiger charge is -2.38. The highest BCUT2D eigenvalue weighted by molar-refractivity contribution is 5.74. The minimum atomic E-state index is -0.644. The van der Waals surface area contributed by atoms with E-state index in [1.807, 2.05) is 6.92 Å². The number of carboxylic acid groups (broad SMARTS) is 1. The summed E-state index contributed by atoms with van der Waals surface area (Å²) in [7, 11) is 0. The maximum atomic E-state index is 11.4. The maximum absolute atomic E-state index is 11.4. The van der Waals surface area contributed by atoms with Crippen LogP contribution in [-0.2, 0) is 4.79 Å². The molecular formula is C14H26N2O2. The first-order valence-corrected chi connectivity index (χ1v) is 7.25. The number of hydrogen-bond acceptors (Lipinski definition) is 3. The first kappa shape index (κ1) is 13.8. The first-order valence-electron chi connectivity index (χ1n) is 7.25. The van der Waals surface area contributed by atoms with Gasteiger partial charge < -0.3 is 5.11 Å². The molecule has 1 N–H and O–H groups in total. The van der Waals surface area contributed by atoms with Gasteiger partial charge in [-0.3, -0.25) is 14.6 Å². The standard InChI is InChI=1S/C14H26N2O2/c1-3-6-14(2,13(17)18)11-15-7-9-16(10-8-15)12-4-5-12/h12H,3-11H2,1-2H3,(H,17,18). The van der Waals surface area contributed by atoms with Crippen molar-refractivity contribution in [3.63, 3.8) is 0 Å². The smallest absolute Gasteiger partial charge is 0.310 e. The van der Waals surface area contributed by atoms with Crippen LogP contribution in [0.5, 0.6) is 0 Å². The van der Waals surface area contributed by atoms with Crippen LogP contribution in [0.2, 0.25) is 0 Å². The molecule has 1 atom stereocenters. The molecule has 0 bridgehead atoms. The minimum absolute atomic E-state index is 0.573. The van der Waals surface area contributed by atoms with E-state index in [9.17, 15) is 9.90 Å². The molecule has 0 amide bonds. The quantitative estimate of drug-likeness (QED) is 0.783. The van der Waals surface area contributed by atoms with Crippen molar-refractivity contribution >= 4 is 5.97 Å². The van der Waals surface area contributed by atoms with Crippen LogP contribution >= 0.6 is 0 Å². The van der Waals surface area contributed by atoms with Crippen LogP contribution in [0.25, 0.3) is 0 Å². The van der Waals surface area contributed by atoms with Gasteiger partial charge in [0.15, 0.2) is 0 Å². The molecule has 0 aromatic carbocycles. The van der Waals surface area contributed by atoms with E-state index in [2.05, 4.69) is 16.7 Å². The molecule has 0 aromatic rings. The van der Waals surface area contributed by atoms with Gasteiger partial charge in [-0.05, 0) is 26.2 Å². The summed E-state index contributed by atoms with van der Waals surface area (Å²) in [6, 6.07) is 0.841. The van der Waals surface area contributed by atoms with Crippen molar-refractivity contribution in [3.05, 3.63) is 0 Å². The van der Waals surface area contributed by atoms with Gasteiger partial charge in [0.05, 0.1) is 5.41 Å². The van der Waals surface area contributed by atoms with E-state index in [0.29, 0.717) is 6.54 Å². The van der Waals surface area contributed by atoms with Crippen molar-refractivity contribution in [1.29, 1.82) is 0 Å². The Balaban J connectivity index is 1.83. The monoisotopic (exact) mass is 254 g/mol. The Labute approximate surface area is 110 Å². The van der Waals surface area contributed by atoms with E-state index in [4.69, 9.17) is 0 Å². The molecule has 4 nitrogen and oxygen atoms in total. The molecular weight excluding hydrogens is 228 g/mol. The van der Waals surface area contributed by atoms with Crippen LogP contribution in [-0.4, -0.2) is 59.6 Å². The molecule has 104 valence electrons. The lowest BCUT2D eigenvalue weighted by Crippen LogP contribution is -2.51. The highest BCUT2D eigenvalue weighted by Gasteiger charge is 2.36. The van der Waals surface area contributed by atoms with Crippen LogP contribution in [0.3, 0.4) is 0 Å². The Morgan fingerprint density at radius 3 is 2.33 bits per heavy atom. The lowest BCUT2D eigenvalue weighted by atomic mass is 9.85. The van der Waals surface area contributed by atoms with Crippen molar-refractivity contribution in [2.45, 2.75) is 45.6 Å². The van der Waals surface area contributed by atoms with Gasteiger partial charge in [0.2, 0.25) is 0 Å². The van der Waals surface area contributed by atoms with Crippen LogP contribution in [0, 0.1) is 5.41 Å². The zero-order valence-electron chi connectivity index (χ0n) is 11.7. The van der Waals surface area contributed by atoms with Gasteiger partial charge in [-0.15, -0.1) is 0 Å². The predicted octanol–water partition coefficient (Wildman–Crippen LogP) is 1.66. The summed E-state index contributed by atoms with van der Waals surface area (Å²) in [5.41, 5.74) is -0.573. The summed E-state index contributed by atoms with van der Waals surface area (Å²) in [5, 5.41) is 9.41. The van der Waals surface area contributed by atoms with E-state index in [1.165, 1.54) is 12.8 Å². The number of piperazine rings is 1. The average Bonchev–Trinajstić information content (AvgIpc) is 3.14. The molecule has 1 aliphatic heterocycles. The van der Waals surface area contributed by atoms with E-state index in [1.54, 1.807) is 0 Å². The van der Waals surface area contributed by atoms with Gasteiger partial charge in [0.25, 0.3) is 0 Å². The average molecular weight is 254 g/mol. The van der Waals surface area contributed by atoms with Crippen LogP contribution in [0.1, 0.15) is 39.5 Å². The summed E-state index contributed by atoms with van der Waals surface area (Å²) in [5.74, 6) is -0.644. The second kappa shape index (κ2) is 5.57. The van der Waals surface area contributed by atoms with E-state index < -0.39 is 11.4 Å². The molecule has 1 unspecified atom stereocenters. The summed E-state index contributed by atoms with van der Waals surface area (Å²) >= 11 is 0. The lowest BCUT2D eigenvalue weighted by molar-refractivity contribution is -0.150. The summed E-state index contributed by atoms with van der Waals surface area (Å²) in [6.45, 7) is 8.96. The zero-order chi connectivity index (χ0) is 13.2. The molecule has 2 fully saturated rings. The van der Waals surface area contributed by atoms with Crippen molar-refractivity contribution < 1.29 is 9.90 Å². The fourth-order valence-electron chi connectivity index (χ4n) is 3.03. The number of rotatable bonds is 6. The molecule has 0 spiro atoms. The molecule has 1 saturated heterocycles. The van der Waals surface area contributed by atoms with Crippen LogP contribution in [0.4, 0.5) is 0 Å². The number of carboxylic acids is 1. The molecule has 2 rings (SSSR count). The van der Waals surface area contributed by atoms with Gasteiger partial charge in [-0.1, -0.05) is 13.3 Å². The molecule has 1 saturated carbocycles. The molecule has 0 radical (unpaired) electrons. The number of nitrogens with zero attached hydrogens (tertiary/aromatic N) is 2. The molecule has 4 heteroatoms. The van der Waals surface area contributed by atoms with Crippen molar-refractivity contribution in [3.8, 4) is 0 Å². The Hall–Kier alpha value is -0.610. The maximum Gasteiger partial charge on any atom is 0.310 e. The zero-order valence-corrected chi connectivity index (χ0v) is 11.7. The van der Waals surface area contributed by atoms with E-state index in [0.717, 1.165) is 45.1 Å². The highest BCUT2D eigenvalue weighted by Crippen LogP contribution is 2.29. The van der Waals surface area contributed by atoms with Gasteiger partial charge in [0, 0.05) is 38.8 Å². The topological polar surface area (TPSA) is 43.8 Å². The van der Waals surface area contributed by atoms with Gasteiger partial charge in [-0.25, -0.2) is 0 Å². The normalized spacial score (nSPS) is 25.9. The van der Waals surface area contributed by atoms with E-state index in [-0.39, 0.29) is 0 Å². The summed E-state index contributed by atoms with van der Waals surface area (Å²) in [4.78, 5) is 16.3. The second-order valence-electron chi connectivity index (χ2n) is 6.16. The number of hydrogen-bond donors (Lipinski definition) is 1. The van der Waals surface area contributed by atoms with Gasteiger partial charge >= 0.3 is 5.97 Å². The van der Waals surface area contributed by atoms with Crippen molar-refractivity contribution in [2.24, 2.45) is 5.41 Å². The Bertz CT molecular complexity index is 296. The minimum Gasteiger partial charge on any atom is -0.481 e. The third kappa shape index (κ3) is 3.23. The molecule has 0 aromatic heterocycles. The Kier molecular flexibility index (Phi) is 4.28. The summed E-state index contributed by atoms with van der Waals surface area (Å²) < 4.78 is 0. The SMILES string of the molecule is CCCC(C)(CN1CCN(C2CC2)CC1)C(=O)O. The molecule has 18 heavy (non-hydrogen) atoms. The molecule has 2 aliphatic rings. The van der Waals surface area contributed by atoms with Crippen LogP contribution < -0.4 is 0 Å². The highest BCUT2D eigenvalue weighted by atomic mass is 16.4.